The first-order chi connectivity index (χ1) is 6.78. The molecule has 0 aliphatic carbocycles. The van der Waals surface area contributed by atoms with Crippen LogP contribution in [0.5, 0.6) is 0 Å². The zero-order valence-electron chi connectivity index (χ0n) is 8.94. The highest BCUT2D eigenvalue weighted by Gasteiger charge is 1.97. The molecule has 0 spiro atoms. The Labute approximate surface area is 98.6 Å². The van der Waals surface area contributed by atoms with E-state index in [1.807, 2.05) is 12.5 Å². The van der Waals surface area contributed by atoms with Crippen LogP contribution in [0.2, 0.25) is 0 Å². The molecule has 0 rings (SSSR count). The fourth-order valence-electron chi connectivity index (χ4n) is 0.697. The van der Waals surface area contributed by atoms with Gasteiger partial charge in [-0.25, -0.2) is 4.99 Å². The average Bonchev–Trinajstić information content (AvgIpc) is 2.24. The Morgan fingerprint density at radius 2 is 1.93 bits per heavy atom. The van der Waals surface area contributed by atoms with Gasteiger partial charge in [0.05, 0.1) is 13.7 Å². The second-order valence-corrected chi connectivity index (χ2v) is 4.99. The maximum absolute atomic E-state index is 5.01. The summed E-state index contributed by atoms with van der Waals surface area (Å²) in [6.45, 7) is 0.810. The fraction of sp³-hybridized carbons (Fsp3) is 0.750. The van der Waals surface area contributed by atoms with Crippen LogP contribution in [0, 0.1) is 0 Å². The molecule has 0 aromatic rings. The molecule has 0 aromatic carbocycles. The molecule has 3 nitrogen and oxygen atoms in total. The molecule has 0 saturated heterocycles. The van der Waals surface area contributed by atoms with Crippen LogP contribution < -0.4 is 0 Å². The van der Waals surface area contributed by atoms with Gasteiger partial charge in [0.2, 0.25) is 5.23 Å². The molecule has 6 heteroatoms. The fourth-order valence-corrected chi connectivity index (χ4v) is 2.41. The van der Waals surface area contributed by atoms with Crippen molar-refractivity contribution in [3.05, 3.63) is 0 Å². The van der Waals surface area contributed by atoms with Gasteiger partial charge < -0.3 is 4.74 Å². The van der Waals surface area contributed by atoms with Gasteiger partial charge in [0, 0.05) is 12.8 Å². The summed E-state index contributed by atoms with van der Waals surface area (Å²) in [4.78, 5) is 8.37. The van der Waals surface area contributed by atoms with E-state index in [1.165, 1.54) is 0 Å². The number of nitrogens with zero attached hydrogens (tertiary/aromatic N) is 2. The first-order valence-electron chi connectivity index (χ1n) is 4.04. The summed E-state index contributed by atoms with van der Waals surface area (Å²) in [7, 11) is 3.36. The van der Waals surface area contributed by atoms with E-state index in [9.17, 15) is 0 Å². The van der Waals surface area contributed by atoms with Crippen LogP contribution >= 0.6 is 35.3 Å². The summed E-state index contributed by atoms with van der Waals surface area (Å²) in [6.07, 6.45) is 4.08. The SMILES string of the molecule is CN=C(OC)SCCN=C(SC)SC. The lowest BCUT2D eigenvalue weighted by Crippen LogP contribution is -1.99. The first-order valence-corrected chi connectivity index (χ1v) is 7.48. The summed E-state index contributed by atoms with van der Waals surface area (Å²) in [6, 6.07) is 0. The number of ether oxygens (including phenoxy) is 1. The predicted octanol–water partition coefficient (Wildman–Crippen LogP) is 2.43. The highest BCUT2D eigenvalue weighted by Crippen LogP contribution is 2.11. The molecular weight excluding hydrogens is 236 g/mol. The van der Waals surface area contributed by atoms with Crippen LogP contribution in [-0.2, 0) is 4.74 Å². The maximum atomic E-state index is 5.01. The minimum absolute atomic E-state index is 0.718. The van der Waals surface area contributed by atoms with Gasteiger partial charge in [-0.05, 0) is 12.5 Å². The monoisotopic (exact) mass is 252 g/mol. The molecule has 0 atom stereocenters. The van der Waals surface area contributed by atoms with Crippen molar-refractivity contribution in [2.75, 3.05) is 39.0 Å². The van der Waals surface area contributed by atoms with Gasteiger partial charge in [0.15, 0.2) is 0 Å². The minimum atomic E-state index is 0.718. The lowest BCUT2D eigenvalue weighted by molar-refractivity contribution is 0.415. The number of hydrogen-bond acceptors (Lipinski definition) is 6. The molecule has 0 aliphatic rings. The van der Waals surface area contributed by atoms with Crippen molar-refractivity contribution in [3.8, 4) is 0 Å². The highest BCUT2D eigenvalue weighted by atomic mass is 32.2. The summed E-state index contributed by atoms with van der Waals surface area (Å²) >= 11 is 4.95. The van der Waals surface area contributed by atoms with Crippen LogP contribution in [0.15, 0.2) is 9.98 Å². The van der Waals surface area contributed by atoms with Crippen molar-refractivity contribution < 1.29 is 4.74 Å². The third-order valence-electron chi connectivity index (χ3n) is 1.26. The summed E-state index contributed by atoms with van der Waals surface area (Å²) in [5.74, 6) is 0.908. The van der Waals surface area contributed by atoms with E-state index in [0.717, 1.165) is 21.9 Å². The largest absolute Gasteiger partial charge is 0.476 e. The standard InChI is InChI=1S/C8H16N2OS3/c1-9-7(11-2)14-6-5-10-8(12-3)13-4/h5-6H2,1-4H3. The Hall–Kier alpha value is 0.190. The van der Waals surface area contributed by atoms with Crippen LogP contribution in [0.1, 0.15) is 0 Å². The molecule has 0 radical (unpaired) electrons. The molecule has 0 amide bonds. The number of methoxy groups -OCH3 is 1. The van der Waals surface area contributed by atoms with Crippen molar-refractivity contribution in [2.24, 2.45) is 9.98 Å². The van der Waals surface area contributed by atoms with Gasteiger partial charge in [0.25, 0.3) is 0 Å². The second-order valence-electron chi connectivity index (χ2n) is 2.10. The van der Waals surface area contributed by atoms with E-state index in [2.05, 4.69) is 9.98 Å². The van der Waals surface area contributed by atoms with Gasteiger partial charge >= 0.3 is 0 Å². The quantitative estimate of drug-likeness (QED) is 0.439. The molecule has 0 fully saturated rings. The van der Waals surface area contributed by atoms with E-state index < -0.39 is 0 Å². The molecule has 14 heavy (non-hydrogen) atoms. The van der Waals surface area contributed by atoms with E-state index in [-0.39, 0.29) is 0 Å². The first kappa shape index (κ1) is 14.2. The molecular formula is C8H16N2OS3. The normalized spacial score (nSPS) is 11.3. The zero-order valence-corrected chi connectivity index (χ0v) is 11.4. The van der Waals surface area contributed by atoms with Crippen molar-refractivity contribution in [2.45, 2.75) is 0 Å². The number of aliphatic imine (C=N–C) groups is 2. The van der Waals surface area contributed by atoms with Crippen molar-refractivity contribution in [1.29, 1.82) is 0 Å². The van der Waals surface area contributed by atoms with Crippen molar-refractivity contribution in [3.63, 3.8) is 0 Å². The van der Waals surface area contributed by atoms with Gasteiger partial charge in [-0.15, -0.1) is 23.5 Å². The molecule has 0 saturated carbocycles. The third kappa shape index (κ3) is 6.62. The summed E-state index contributed by atoms with van der Waals surface area (Å²) < 4.78 is 6.14. The van der Waals surface area contributed by atoms with Crippen molar-refractivity contribution >= 4 is 44.9 Å². The smallest absolute Gasteiger partial charge is 0.245 e. The van der Waals surface area contributed by atoms with E-state index in [4.69, 9.17) is 4.74 Å². The average molecular weight is 252 g/mol. The number of thioether (sulfide) groups is 3. The molecule has 0 heterocycles. The maximum Gasteiger partial charge on any atom is 0.245 e. The van der Waals surface area contributed by atoms with Crippen LogP contribution in [0.25, 0.3) is 0 Å². The Morgan fingerprint density at radius 3 is 2.36 bits per heavy atom. The zero-order chi connectivity index (χ0) is 10.8. The second kappa shape index (κ2) is 9.73. The Bertz CT molecular complexity index is 201. The van der Waals surface area contributed by atoms with Crippen LogP contribution in [0.3, 0.4) is 0 Å². The molecule has 0 aliphatic heterocycles. The molecule has 0 bridgehead atoms. The van der Waals surface area contributed by atoms with Crippen LogP contribution in [0.4, 0.5) is 0 Å². The lowest BCUT2D eigenvalue weighted by atomic mass is 10.8. The molecule has 0 N–H and O–H groups in total. The van der Waals surface area contributed by atoms with Gasteiger partial charge in [-0.2, -0.15) is 0 Å². The van der Waals surface area contributed by atoms with E-state index >= 15 is 0 Å². The van der Waals surface area contributed by atoms with Crippen LogP contribution in [-0.4, -0.2) is 48.6 Å². The number of hydrogen-bond donors (Lipinski definition) is 0. The van der Waals surface area contributed by atoms with Gasteiger partial charge in [-0.1, -0.05) is 11.8 Å². The molecule has 0 aromatic heterocycles. The topological polar surface area (TPSA) is 34.0 Å². The summed E-state index contributed by atoms with van der Waals surface area (Å²) in [5, 5.41) is 0.718. The van der Waals surface area contributed by atoms with Crippen molar-refractivity contribution in [1.82, 2.24) is 0 Å². The summed E-state index contributed by atoms with van der Waals surface area (Å²) in [5.41, 5.74) is 0. The predicted molar refractivity (Wildman–Crippen MR) is 72.2 cm³/mol. The van der Waals surface area contributed by atoms with Gasteiger partial charge in [0.1, 0.15) is 4.38 Å². The van der Waals surface area contributed by atoms with E-state index in [0.29, 0.717) is 0 Å². The molecule has 0 unspecified atom stereocenters. The van der Waals surface area contributed by atoms with Gasteiger partial charge in [-0.3, -0.25) is 4.99 Å². The lowest BCUT2D eigenvalue weighted by Gasteiger charge is -2.02. The highest BCUT2D eigenvalue weighted by molar-refractivity contribution is 8.38. The Balaban J connectivity index is 3.69. The minimum Gasteiger partial charge on any atom is -0.476 e. The Kier molecular flexibility index (Phi) is 9.87. The Morgan fingerprint density at radius 1 is 1.29 bits per heavy atom. The number of rotatable bonds is 3. The van der Waals surface area contributed by atoms with E-state index in [1.54, 1.807) is 49.4 Å². The third-order valence-corrected chi connectivity index (χ3v) is 4.20. The molecule has 82 valence electrons.